The summed E-state index contributed by atoms with van der Waals surface area (Å²) in [6, 6.07) is -0.227. The standard InChI is InChI=1S/C26H40N2O4S/c1-16-11-9-7-8-10-12-21(17(2)13-20-15-33-19(4)27-20)28-23(30)14-22(29)26(5,6)25(32)18(3)24(16)31/h8,10,13,15-16,18,21-22,24,29,31H,7,9,11-12,14H2,1-6H3,(H,28,30)/b10-8-,17-13+/t16-,18-,21-,22+,24-/m1/s1. The maximum atomic E-state index is 13.1. The minimum absolute atomic E-state index is 0.0269. The van der Waals surface area contributed by atoms with Crippen LogP contribution in [0.4, 0.5) is 0 Å². The summed E-state index contributed by atoms with van der Waals surface area (Å²) in [6.07, 6.45) is 7.29. The van der Waals surface area contributed by atoms with Gasteiger partial charge in [-0.25, -0.2) is 4.98 Å². The highest BCUT2D eigenvalue weighted by Gasteiger charge is 2.42. The zero-order valence-electron chi connectivity index (χ0n) is 20.8. The topological polar surface area (TPSA) is 99.5 Å². The van der Waals surface area contributed by atoms with Crippen molar-refractivity contribution in [2.24, 2.45) is 17.3 Å². The van der Waals surface area contributed by atoms with Crippen LogP contribution in [0.1, 0.15) is 77.4 Å². The van der Waals surface area contributed by atoms with E-state index in [-0.39, 0.29) is 30.1 Å². The van der Waals surface area contributed by atoms with Crippen LogP contribution in [-0.2, 0) is 9.59 Å². The SMILES string of the molecule is C/C(=C\c1csc(C)n1)[C@H]1C/C=C\CCC[C@@H](C)[C@@H](O)[C@@H](C)C(=O)C(C)(C)[C@@H](O)CC(=O)N1. The van der Waals surface area contributed by atoms with E-state index in [0.29, 0.717) is 6.42 Å². The summed E-state index contributed by atoms with van der Waals surface area (Å²) in [6.45, 7) is 10.9. The maximum absolute atomic E-state index is 13.1. The van der Waals surface area contributed by atoms with Crippen molar-refractivity contribution in [3.05, 3.63) is 33.8 Å². The molecule has 0 aromatic carbocycles. The van der Waals surface area contributed by atoms with Gasteiger partial charge in [-0.3, -0.25) is 9.59 Å². The number of nitrogens with one attached hydrogen (secondary N) is 1. The monoisotopic (exact) mass is 476 g/mol. The summed E-state index contributed by atoms with van der Waals surface area (Å²) in [5.41, 5.74) is 0.704. The Kier molecular flexibility index (Phi) is 10.0. The number of ketones is 1. The van der Waals surface area contributed by atoms with Gasteiger partial charge in [-0.1, -0.05) is 39.8 Å². The van der Waals surface area contributed by atoms with E-state index in [2.05, 4.69) is 22.5 Å². The van der Waals surface area contributed by atoms with Gasteiger partial charge in [-0.15, -0.1) is 11.3 Å². The molecule has 6 nitrogen and oxygen atoms in total. The second-order valence-corrected chi connectivity index (χ2v) is 11.1. The molecule has 2 heterocycles. The highest BCUT2D eigenvalue weighted by molar-refractivity contribution is 7.09. The van der Waals surface area contributed by atoms with E-state index in [0.717, 1.165) is 35.5 Å². The molecule has 1 aliphatic heterocycles. The van der Waals surface area contributed by atoms with Gasteiger partial charge >= 0.3 is 0 Å². The first kappa shape index (κ1) is 27.4. The lowest BCUT2D eigenvalue weighted by Crippen LogP contribution is -2.47. The molecule has 184 valence electrons. The number of Topliss-reactive ketones (excluding diaryl/α,β-unsaturated/α-hetero) is 1. The Bertz CT molecular complexity index is 873. The molecule has 7 heteroatoms. The van der Waals surface area contributed by atoms with Crippen molar-refractivity contribution >= 4 is 29.1 Å². The first-order valence-electron chi connectivity index (χ1n) is 11.9. The molecule has 0 fully saturated rings. The Balaban J connectivity index is 2.27. The van der Waals surface area contributed by atoms with Gasteiger partial charge in [-0.05, 0) is 57.1 Å². The number of amides is 1. The number of thiazole rings is 1. The fourth-order valence-corrected chi connectivity index (χ4v) is 4.87. The molecule has 0 spiro atoms. The molecular formula is C26H40N2O4S. The van der Waals surface area contributed by atoms with Crippen LogP contribution in [0.15, 0.2) is 23.1 Å². The van der Waals surface area contributed by atoms with Crippen molar-refractivity contribution in [1.82, 2.24) is 10.3 Å². The van der Waals surface area contributed by atoms with Gasteiger partial charge in [0, 0.05) is 11.3 Å². The predicted octanol–water partition coefficient (Wildman–Crippen LogP) is 4.45. The fourth-order valence-electron chi connectivity index (χ4n) is 4.30. The molecule has 1 aromatic heterocycles. The third-order valence-corrected chi connectivity index (χ3v) is 7.61. The zero-order valence-corrected chi connectivity index (χ0v) is 21.6. The van der Waals surface area contributed by atoms with Crippen molar-refractivity contribution in [2.75, 3.05) is 0 Å². The van der Waals surface area contributed by atoms with Crippen LogP contribution in [0.5, 0.6) is 0 Å². The molecule has 1 aromatic rings. The number of allylic oxidation sites excluding steroid dienone is 1. The second-order valence-electron chi connectivity index (χ2n) is 10.0. The Morgan fingerprint density at radius 3 is 2.58 bits per heavy atom. The van der Waals surface area contributed by atoms with E-state index in [1.54, 1.807) is 32.1 Å². The smallest absolute Gasteiger partial charge is 0.223 e. The van der Waals surface area contributed by atoms with Crippen LogP contribution in [0.25, 0.3) is 6.08 Å². The molecule has 0 bridgehead atoms. The molecule has 2 rings (SSSR count). The summed E-state index contributed by atoms with van der Waals surface area (Å²) in [5.74, 6) is -1.17. The summed E-state index contributed by atoms with van der Waals surface area (Å²) < 4.78 is 0. The Labute approximate surface area is 202 Å². The second kappa shape index (κ2) is 12.0. The summed E-state index contributed by atoms with van der Waals surface area (Å²) in [5, 5.41) is 27.5. The number of rotatable bonds is 2. The average molecular weight is 477 g/mol. The normalized spacial score (nSPS) is 31.8. The molecular weight excluding hydrogens is 436 g/mol. The lowest BCUT2D eigenvalue weighted by atomic mass is 9.73. The molecule has 1 aliphatic rings. The van der Waals surface area contributed by atoms with Crippen LogP contribution in [-0.4, -0.2) is 45.1 Å². The van der Waals surface area contributed by atoms with Crippen molar-refractivity contribution in [3.8, 4) is 0 Å². The first-order valence-corrected chi connectivity index (χ1v) is 12.8. The predicted molar refractivity (Wildman–Crippen MR) is 134 cm³/mol. The largest absolute Gasteiger partial charge is 0.392 e. The third kappa shape index (κ3) is 7.59. The lowest BCUT2D eigenvalue weighted by molar-refractivity contribution is -0.143. The van der Waals surface area contributed by atoms with E-state index in [1.165, 1.54) is 0 Å². The third-order valence-electron chi connectivity index (χ3n) is 6.82. The number of hydrogen-bond donors (Lipinski definition) is 3. The summed E-state index contributed by atoms with van der Waals surface area (Å²) in [4.78, 5) is 30.5. The fraction of sp³-hybridized carbons (Fsp3) is 0.654. The van der Waals surface area contributed by atoms with Gasteiger partial charge in [-0.2, -0.15) is 0 Å². The van der Waals surface area contributed by atoms with Gasteiger partial charge in [0.25, 0.3) is 0 Å². The summed E-state index contributed by atoms with van der Waals surface area (Å²) >= 11 is 1.58. The number of carbonyl (C=O) groups excluding carboxylic acids is 2. The van der Waals surface area contributed by atoms with E-state index < -0.39 is 23.5 Å². The number of hydrogen-bond acceptors (Lipinski definition) is 6. The summed E-state index contributed by atoms with van der Waals surface area (Å²) in [7, 11) is 0. The first-order chi connectivity index (χ1) is 15.4. The van der Waals surface area contributed by atoms with Crippen molar-refractivity contribution in [2.45, 2.75) is 91.9 Å². The van der Waals surface area contributed by atoms with Crippen LogP contribution in [0.3, 0.4) is 0 Å². The minimum atomic E-state index is -1.15. The number of carbonyl (C=O) groups is 2. The zero-order chi connectivity index (χ0) is 24.8. The number of aliphatic hydroxyl groups excluding tert-OH is 2. The maximum Gasteiger partial charge on any atom is 0.223 e. The number of nitrogens with zero attached hydrogens (tertiary/aromatic N) is 1. The van der Waals surface area contributed by atoms with E-state index in [1.807, 2.05) is 32.2 Å². The van der Waals surface area contributed by atoms with Crippen molar-refractivity contribution in [3.63, 3.8) is 0 Å². The van der Waals surface area contributed by atoms with E-state index in [4.69, 9.17) is 0 Å². The lowest BCUT2D eigenvalue weighted by Gasteiger charge is -2.34. The Hall–Kier alpha value is -1.83. The van der Waals surface area contributed by atoms with Gasteiger partial charge in [0.2, 0.25) is 5.91 Å². The minimum Gasteiger partial charge on any atom is -0.392 e. The van der Waals surface area contributed by atoms with Gasteiger partial charge in [0.05, 0.1) is 40.8 Å². The van der Waals surface area contributed by atoms with Crippen molar-refractivity contribution in [1.29, 1.82) is 0 Å². The van der Waals surface area contributed by atoms with Crippen LogP contribution in [0.2, 0.25) is 0 Å². The van der Waals surface area contributed by atoms with Gasteiger partial charge in [0.15, 0.2) is 0 Å². The highest BCUT2D eigenvalue weighted by atomic mass is 32.1. The average Bonchev–Trinajstić information content (AvgIpc) is 3.16. The van der Waals surface area contributed by atoms with E-state index in [9.17, 15) is 19.8 Å². The number of aliphatic hydroxyl groups is 2. The molecule has 0 aliphatic carbocycles. The van der Waals surface area contributed by atoms with Crippen molar-refractivity contribution < 1.29 is 19.8 Å². The molecule has 1 amide bonds. The molecule has 0 unspecified atom stereocenters. The Morgan fingerprint density at radius 2 is 1.94 bits per heavy atom. The number of aromatic nitrogens is 1. The molecule has 33 heavy (non-hydrogen) atoms. The number of aryl methyl sites for hydroxylation is 1. The molecule has 5 atom stereocenters. The van der Waals surface area contributed by atoms with Crippen LogP contribution >= 0.6 is 11.3 Å². The Morgan fingerprint density at radius 1 is 1.24 bits per heavy atom. The van der Waals surface area contributed by atoms with Gasteiger partial charge in [0.1, 0.15) is 5.78 Å². The highest BCUT2D eigenvalue weighted by Crippen LogP contribution is 2.31. The molecule has 3 N–H and O–H groups in total. The quantitative estimate of drug-likeness (QED) is 0.548. The molecule has 0 saturated heterocycles. The van der Waals surface area contributed by atoms with Crippen LogP contribution in [0, 0.1) is 24.2 Å². The van der Waals surface area contributed by atoms with Crippen LogP contribution < -0.4 is 5.32 Å². The molecule has 0 radical (unpaired) electrons. The van der Waals surface area contributed by atoms with Gasteiger partial charge < -0.3 is 15.5 Å². The molecule has 0 saturated carbocycles. The van der Waals surface area contributed by atoms with E-state index >= 15 is 0 Å².